The van der Waals surface area contributed by atoms with Crippen LogP contribution in [0, 0.1) is 11.3 Å². The molecule has 1 amide bonds. The van der Waals surface area contributed by atoms with Crippen molar-refractivity contribution in [3.8, 4) is 6.07 Å². The Balaban J connectivity index is 2.03. The standard InChI is InChI=1S/C14H17N3O3/c15-6-7-17(11-4-2-1-3-5-11)14(20)10-16-8-12(18)13(19)9-16/h1-5,12-13,18-19H,7-10H2/t12-,13+. The number of para-hydroxylation sites is 1. The van der Waals surface area contributed by atoms with E-state index in [1.165, 1.54) is 4.90 Å². The van der Waals surface area contributed by atoms with Gasteiger partial charge in [-0.15, -0.1) is 0 Å². The van der Waals surface area contributed by atoms with E-state index in [2.05, 4.69) is 0 Å². The first-order valence-electron chi connectivity index (χ1n) is 6.42. The third kappa shape index (κ3) is 3.33. The Morgan fingerprint density at radius 2 is 1.90 bits per heavy atom. The van der Waals surface area contributed by atoms with Crippen LogP contribution < -0.4 is 4.90 Å². The molecule has 0 bridgehead atoms. The Morgan fingerprint density at radius 3 is 2.45 bits per heavy atom. The Hall–Kier alpha value is -1.94. The van der Waals surface area contributed by atoms with Crippen molar-refractivity contribution in [3.05, 3.63) is 30.3 Å². The predicted molar refractivity (Wildman–Crippen MR) is 72.9 cm³/mol. The summed E-state index contributed by atoms with van der Waals surface area (Å²) >= 11 is 0. The number of aliphatic hydroxyl groups excluding tert-OH is 2. The number of amides is 1. The Bertz CT molecular complexity index is 490. The minimum Gasteiger partial charge on any atom is -0.389 e. The van der Waals surface area contributed by atoms with E-state index >= 15 is 0 Å². The number of hydrogen-bond acceptors (Lipinski definition) is 5. The van der Waals surface area contributed by atoms with E-state index in [1.807, 2.05) is 12.1 Å². The third-order valence-electron chi connectivity index (χ3n) is 3.29. The number of nitriles is 1. The minimum absolute atomic E-state index is 0.0260. The summed E-state index contributed by atoms with van der Waals surface area (Å²) in [5.74, 6) is -0.223. The topological polar surface area (TPSA) is 87.8 Å². The number of anilines is 1. The average Bonchev–Trinajstić information content (AvgIpc) is 2.75. The lowest BCUT2D eigenvalue weighted by Gasteiger charge is -2.23. The van der Waals surface area contributed by atoms with Gasteiger partial charge in [-0.25, -0.2) is 0 Å². The second kappa shape index (κ2) is 6.48. The fraction of sp³-hybridized carbons (Fsp3) is 0.429. The molecule has 20 heavy (non-hydrogen) atoms. The molecule has 106 valence electrons. The van der Waals surface area contributed by atoms with Crippen molar-refractivity contribution < 1.29 is 15.0 Å². The van der Waals surface area contributed by atoms with Gasteiger partial charge in [-0.2, -0.15) is 5.26 Å². The fourth-order valence-electron chi connectivity index (χ4n) is 2.25. The normalized spacial score (nSPS) is 22.4. The molecular weight excluding hydrogens is 258 g/mol. The molecule has 2 N–H and O–H groups in total. The second-order valence-corrected chi connectivity index (χ2v) is 4.80. The molecule has 1 fully saturated rings. The highest BCUT2D eigenvalue weighted by atomic mass is 16.3. The van der Waals surface area contributed by atoms with Crippen LogP contribution >= 0.6 is 0 Å². The van der Waals surface area contributed by atoms with Crippen LogP contribution in [0.1, 0.15) is 0 Å². The monoisotopic (exact) mass is 275 g/mol. The molecule has 0 unspecified atom stereocenters. The summed E-state index contributed by atoms with van der Waals surface area (Å²) in [6, 6.07) is 11.0. The summed E-state index contributed by atoms with van der Waals surface area (Å²) in [6.45, 7) is 0.580. The lowest BCUT2D eigenvalue weighted by atomic mass is 10.2. The van der Waals surface area contributed by atoms with Crippen molar-refractivity contribution in [2.45, 2.75) is 12.2 Å². The van der Waals surface area contributed by atoms with Gasteiger partial charge in [0, 0.05) is 18.8 Å². The quantitative estimate of drug-likeness (QED) is 0.729. The molecule has 1 aromatic carbocycles. The number of nitrogens with zero attached hydrogens (tertiary/aromatic N) is 3. The Kier molecular flexibility index (Phi) is 4.69. The third-order valence-corrected chi connectivity index (χ3v) is 3.29. The first kappa shape index (κ1) is 14.5. The van der Waals surface area contributed by atoms with Crippen LogP contribution in [-0.2, 0) is 4.79 Å². The smallest absolute Gasteiger partial charge is 0.242 e. The molecule has 2 atom stereocenters. The van der Waals surface area contributed by atoms with Crippen molar-refractivity contribution in [1.29, 1.82) is 5.26 Å². The van der Waals surface area contributed by atoms with Crippen molar-refractivity contribution in [3.63, 3.8) is 0 Å². The van der Waals surface area contributed by atoms with Gasteiger partial charge < -0.3 is 10.2 Å². The number of likely N-dealkylation sites (tertiary alicyclic amines) is 1. The van der Waals surface area contributed by atoms with Gasteiger partial charge in [0.2, 0.25) is 5.91 Å². The highest BCUT2D eigenvalue weighted by molar-refractivity contribution is 5.95. The van der Waals surface area contributed by atoms with Gasteiger partial charge in [0.05, 0.1) is 24.8 Å². The van der Waals surface area contributed by atoms with Crippen LogP contribution in [0.3, 0.4) is 0 Å². The summed E-state index contributed by atoms with van der Waals surface area (Å²) in [5, 5.41) is 27.8. The highest BCUT2D eigenvalue weighted by Gasteiger charge is 2.31. The van der Waals surface area contributed by atoms with Gasteiger partial charge in [-0.05, 0) is 12.1 Å². The number of β-amino-alcohol motifs (C(OH)–C–C–N with tert-alkyl or cyclic N) is 2. The molecule has 6 nitrogen and oxygen atoms in total. The van der Waals surface area contributed by atoms with Crippen LogP contribution in [0.2, 0.25) is 0 Å². The van der Waals surface area contributed by atoms with E-state index in [0.717, 1.165) is 0 Å². The van der Waals surface area contributed by atoms with E-state index in [-0.39, 0.29) is 32.1 Å². The van der Waals surface area contributed by atoms with E-state index in [1.54, 1.807) is 29.2 Å². The molecule has 6 heteroatoms. The SMILES string of the molecule is N#CCN(C(=O)CN1C[C@@H](O)[C@@H](O)C1)c1ccccc1. The number of rotatable bonds is 4. The van der Waals surface area contributed by atoms with Gasteiger partial charge in [0.15, 0.2) is 0 Å². The van der Waals surface area contributed by atoms with Crippen molar-refractivity contribution in [1.82, 2.24) is 4.90 Å². The summed E-state index contributed by atoms with van der Waals surface area (Å²) in [5.41, 5.74) is 0.666. The van der Waals surface area contributed by atoms with E-state index in [9.17, 15) is 15.0 Å². The zero-order valence-corrected chi connectivity index (χ0v) is 11.0. The van der Waals surface area contributed by atoms with Crippen LogP contribution in [-0.4, -0.2) is 59.4 Å². The molecule has 0 aromatic heterocycles. The number of carbonyl (C=O) groups is 1. The maximum Gasteiger partial charge on any atom is 0.242 e. The summed E-state index contributed by atoms with van der Waals surface area (Å²) in [6.07, 6.45) is -1.63. The van der Waals surface area contributed by atoms with Crippen molar-refractivity contribution >= 4 is 11.6 Å². The zero-order chi connectivity index (χ0) is 14.5. The molecule has 1 saturated heterocycles. The van der Waals surface area contributed by atoms with E-state index in [0.29, 0.717) is 5.69 Å². The summed E-state index contributed by atoms with van der Waals surface area (Å²) in [4.78, 5) is 15.4. The van der Waals surface area contributed by atoms with Crippen LogP contribution in [0.5, 0.6) is 0 Å². The molecule has 1 heterocycles. The highest BCUT2D eigenvalue weighted by Crippen LogP contribution is 2.15. The number of aliphatic hydroxyl groups is 2. The molecule has 0 radical (unpaired) electrons. The van der Waals surface area contributed by atoms with Crippen molar-refractivity contribution in [2.75, 3.05) is 31.1 Å². The summed E-state index contributed by atoms with van der Waals surface area (Å²) < 4.78 is 0. The molecule has 1 aliphatic heterocycles. The van der Waals surface area contributed by atoms with E-state index < -0.39 is 12.2 Å². The van der Waals surface area contributed by atoms with Gasteiger partial charge in [0.1, 0.15) is 6.54 Å². The van der Waals surface area contributed by atoms with E-state index in [4.69, 9.17) is 5.26 Å². The maximum absolute atomic E-state index is 12.3. The lowest BCUT2D eigenvalue weighted by Crippen LogP contribution is -2.40. The van der Waals surface area contributed by atoms with Gasteiger partial charge in [-0.3, -0.25) is 14.6 Å². The van der Waals surface area contributed by atoms with Gasteiger partial charge in [0.25, 0.3) is 0 Å². The molecule has 1 aromatic rings. The van der Waals surface area contributed by atoms with Crippen LogP contribution in [0.15, 0.2) is 30.3 Å². The lowest BCUT2D eigenvalue weighted by molar-refractivity contribution is -0.119. The average molecular weight is 275 g/mol. The summed E-state index contributed by atoms with van der Waals surface area (Å²) in [7, 11) is 0. The number of benzene rings is 1. The van der Waals surface area contributed by atoms with Gasteiger partial charge >= 0.3 is 0 Å². The first-order valence-corrected chi connectivity index (χ1v) is 6.42. The predicted octanol–water partition coefficient (Wildman–Crippen LogP) is -0.419. The molecule has 1 aliphatic rings. The number of carbonyl (C=O) groups excluding carboxylic acids is 1. The zero-order valence-electron chi connectivity index (χ0n) is 11.0. The Labute approximate surface area is 117 Å². The Morgan fingerprint density at radius 1 is 1.30 bits per heavy atom. The largest absolute Gasteiger partial charge is 0.389 e. The van der Waals surface area contributed by atoms with Crippen LogP contribution in [0.25, 0.3) is 0 Å². The minimum atomic E-state index is -0.816. The molecule has 0 aliphatic carbocycles. The molecule has 0 spiro atoms. The molecular formula is C14H17N3O3. The van der Waals surface area contributed by atoms with Crippen LogP contribution in [0.4, 0.5) is 5.69 Å². The first-order chi connectivity index (χ1) is 9.61. The van der Waals surface area contributed by atoms with Gasteiger partial charge in [-0.1, -0.05) is 18.2 Å². The second-order valence-electron chi connectivity index (χ2n) is 4.80. The molecule has 2 rings (SSSR count). The molecule has 0 saturated carbocycles. The van der Waals surface area contributed by atoms with Crippen molar-refractivity contribution in [2.24, 2.45) is 0 Å². The number of hydrogen-bond donors (Lipinski definition) is 2. The fourth-order valence-corrected chi connectivity index (χ4v) is 2.25. The maximum atomic E-state index is 12.3.